The van der Waals surface area contributed by atoms with Gasteiger partial charge in [0.05, 0.1) is 12.0 Å². The zero-order valence-corrected chi connectivity index (χ0v) is 12.7. The molecule has 0 saturated heterocycles. The van der Waals surface area contributed by atoms with Crippen LogP contribution in [0.4, 0.5) is 0 Å². The maximum Gasteiger partial charge on any atom is 0.343 e. The van der Waals surface area contributed by atoms with Gasteiger partial charge in [0.25, 0.3) is 0 Å². The first kappa shape index (κ1) is 16.0. The minimum Gasteiger partial charge on any atom is -0.446 e. The average Bonchev–Trinajstić information content (AvgIpc) is 2.49. The van der Waals surface area contributed by atoms with Crippen molar-refractivity contribution in [1.82, 2.24) is 0 Å². The van der Waals surface area contributed by atoms with Crippen LogP contribution in [0.3, 0.4) is 0 Å². The van der Waals surface area contributed by atoms with Crippen LogP contribution >= 0.6 is 11.6 Å². The van der Waals surface area contributed by atoms with Crippen molar-refractivity contribution in [2.45, 2.75) is 18.9 Å². The van der Waals surface area contributed by atoms with E-state index in [1.165, 1.54) is 0 Å². The standard InChI is InChI=1S/C17H15ClO4/c1-12(18)21-16(19)11-14-9-5-6-10-15(14)22-17(20)13-7-3-2-4-8-13/h2-10,12H,11H2,1H3. The molecular weight excluding hydrogens is 304 g/mol. The van der Waals surface area contributed by atoms with Crippen molar-refractivity contribution >= 4 is 23.5 Å². The van der Waals surface area contributed by atoms with Gasteiger partial charge in [-0.1, -0.05) is 48.0 Å². The van der Waals surface area contributed by atoms with E-state index in [9.17, 15) is 9.59 Å². The molecule has 0 aliphatic heterocycles. The second-order valence-corrected chi connectivity index (χ2v) is 5.19. The third-order valence-electron chi connectivity index (χ3n) is 2.81. The largest absolute Gasteiger partial charge is 0.446 e. The summed E-state index contributed by atoms with van der Waals surface area (Å²) in [5, 5.41) is 0. The summed E-state index contributed by atoms with van der Waals surface area (Å²) in [4.78, 5) is 23.8. The van der Waals surface area contributed by atoms with Crippen LogP contribution in [0, 0.1) is 0 Å². The number of para-hydroxylation sites is 1. The number of ether oxygens (including phenoxy) is 2. The number of hydrogen-bond acceptors (Lipinski definition) is 4. The summed E-state index contributed by atoms with van der Waals surface area (Å²) < 4.78 is 10.2. The van der Waals surface area contributed by atoms with Crippen LogP contribution in [-0.2, 0) is 16.0 Å². The highest BCUT2D eigenvalue weighted by Crippen LogP contribution is 2.20. The molecule has 22 heavy (non-hydrogen) atoms. The topological polar surface area (TPSA) is 52.6 Å². The molecule has 0 aliphatic carbocycles. The summed E-state index contributed by atoms with van der Waals surface area (Å²) >= 11 is 5.61. The van der Waals surface area contributed by atoms with Gasteiger partial charge in [-0.25, -0.2) is 4.79 Å². The number of halogens is 1. The molecule has 2 aromatic rings. The van der Waals surface area contributed by atoms with Gasteiger partial charge in [0.1, 0.15) is 5.75 Å². The quantitative estimate of drug-likeness (QED) is 0.480. The highest BCUT2D eigenvalue weighted by Gasteiger charge is 2.15. The van der Waals surface area contributed by atoms with Crippen LogP contribution in [0.5, 0.6) is 5.75 Å². The fourth-order valence-electron chi connectivity index (χ4n) is 1.86. The zero-order valence-electron chi connectivity index (χ0n) is 12.0. The predicted octanol–water partition coefficient (Wildman–Crippen LogP) is 3.58. The van der Waals surface area contributed by atoms with Crippen LogP contribution in [-0.4, -0.2) is 17.5 Å². The molecule has 2 aromatic carbocycles. The number of alkyl halides is 1. The van der Waals surface area contributed by atoms with E-state index in [0.29, 0.717) is 16.9 Å². The van der Waals surface area contributed by atoms with Crippen molar-refractivity contribution < 1.29 is 19.1 Å². The van der Waals surface area contributed by atoms with Crippen LogP contribution < -0.4 is 4.74 Å². The number of rotatable bonds is 5. The molecule has 0 fully saturated rings. The molecule has 4 nitrogen and oxygen atoms in total. The minimum absolute atomic E-state index is 0.0185. The smallest absolute Gasteiger partial charge is 0.343 e. The Balaban J connectivity index is 2.11. The van der Waals surface area contributed by atoms with Gasteiger partial charge >= 0.3 is 11.9 Å². The van der Waals surface area contributed by atoms with Crippen LogP contribution in [0.2, 0.25) is 0 Å². The number of benzene rings is 2. The van der Waals surface area contributed by atoms with Crippen molar-refractivity contribution in [3.8, 4) is 5.75 Å². The highest BCUT2D eigenvalue weighted by atomic mass is 35.5. The second-order valence-electron chi connectivity index (χ2n) is 4.57. The lowest BCUT2D eigenvalue weighted by Crippen LogP contribution is -2.14. The van der Waals surface area contributed by atoms with Gasteiger partial charge in [-0.05, 0) is 25.1 Å². The first-order valence-electron chi connectivity index (χ1n) is 6.75. The van der Waals surface area contributed by atoms with E-state index in [0.717, 1.165) is 0 Å². The van der Waals surface area contributed by atoms with Crippen molar-refractivity contribution in [1.29, 1.82) is 0 Å². The van der Waals surface area contributed by atoms with Crippen LogP contribution in [0.25, 0.3) is 0 Å². The van der Waals surface area contributed by atoms with E-state index in [-0.39, 0.29) is 6.42 Å². The van der Waals surface area contributed by atoms with E-state index in [1.807, 2.05) is 6.07 Å². The predicted molar refractivity (Wildman–Crippen MR) is 83.0 cm³/mol. The third kappa shape index (κ3) is 4.60. The molecule has 114 valence electrons. The van der Waals surface area contributed by atoms with Gasteiger partial charge in [-0.15, -0.1) is 0 Å². The number of hydrogen-bond donors (Lipinski definition) is 0. The van der Waals surface area contributed by atoms with Gasteiger partial charge < -0.3 is 9.47 Å². The Morgan fingerprint density at radius 3 is 2.36 bits per heavy atom. The van der Waals surface area contributed by atoms with E-state index in [4.69, 9.17) is 21.1 Å². The third-order valence-corrected chi connectivity index (χ3v) is 2.90. The first-order valence-corrected chi connectivity index (χ1v) is 7.18. The fourth-order valence-corrected chi connectivity index (χ4v) is 1.96. The fraction of sp³-hybridized carbons (Fsp3) is 0.176. The van der Waals surface area contributed by atoms with Gasteiger partial charge in [-0.3, -0.25) is 4.79 Å². The van der Waals surface area contributed by atoms with Gasteiger partial charge in [0.15, 0.2) is 5.56 Å². The Morgan fingerprint density at radius 1 is 1.05 bits per heavy atom. The van der Waals surface area contributed by atoms with Crippen molar-refractivity contribution in [3.05, 3.63) is 65.7 Å². The van der Waals surface area contributed by atoms with E-state index in [2.05, 4.69) is 0 Å². The summed E-state index contributed by atoms with van der Waals surface area (Å²) in [6.07, 6.45) is -0.0185. The Morgan fingerprint density at radius 2 is 1.68 bits per heavy atom. The summed E-state index contributed by atoms with van der Waals surface area (Å²) in [5.41, 5.74) is 0.301. The van der Waals surface area contributed by atoms with Crippen molar-refractivity contribution in [3.63, 3.8) is 0 Å². The normalized spacial score (nSPS) is 11.5. The average molecular weight is 319 g/mol. The lowest BCUT2D eigenvalue weighted by Gasteiger charge is -2.10. The maximum atomic E-state index is 12.1. The molecule has 0 radical (unpaired) electrons. The highest BCUT2D eigenvalue weighted by molar-refractivity contribution is 6.19. The molecule has 5 heteroatoms. The molecule has 2 rings (SSSR count). The molecule has 0 spiro atoms. The number of esters is 2. The van der Waals surface area contributed by atoms with Crippen LogP contribution in [0.15, 0.2) is 54.6 Å². The van der Waals surface area contributed by atoms with Crippen LogP contribution in [0.1, 0.15) is 22.8 Å². The SMILES string of the molecule is CC(Cl)OC(=O)Cc1ccccc1OC(=O)c1ccccc1. The van der Waals surface area contributed by atoms with Gasteiger partial charge in [0, 0.05) is 5.56 Å². The zero-order chi connectivity index (χ0) is 15.9. The molecular formula is C17H15ClO4. The van der Waals surface area contributed by atoms with Gasteiger partial charge in [0.2, 0.25) is 0 Å². The lowest BCUT2D eigenvalue weighted by molar-refractivity contribution is -0.144. The molecule has 0 bridgehead atoms. The number of carbonyl (C=O) groups is 2. The molecule has 0 saturated carbocycles. The summed E-state index contributed by atoms with van der Waals surface area (Å²) in [6, 6.07) is 15.5. The van der Waals surface area contributed by atoms with E-state index >= 15 is 0 Å². The monoisotopic (exact) mass is 318 g/mol. The van der Waals surface area contributed by atoms with Crippen molar-refractivity contribution in [2.75, 3.05) is 0 Å². The number of carbonyl (C=O) groups excluding carboxylic acids is 2. The Labute approximate surface area is 133 Å². The Hall–Kier alpha value is -2.33. The molecule has 1 atom stereocenters. The molecule has 0 heterocycles. The minimum atomic E-state index is -0.702. The Kier molecular flexibility index (Phi) is 5.55. The molecule has 1 unspecified atom stereocenters. The Bertz CT molecular complexity index is 653. The summed E-state index contributed by atoms with van der Waals surface area (Å²) in [6.45, 7) is 1.56. The first-order chi connectivity index (χ1) is 10.6. The summed E-state index contributed by atoms with van der Waals surface area (Å²) in [5.74, 6) is -0.631. The maximum absolute atomic E-state index is 12.1. The van der Waals surface area contributed by atoms with Crippen molar-refractivity contribution in [2.24, 2.45) is 0 Å². The molecule has 0 aromatic heterocycles. The van der Waals surface area contributed by atoms with Gasteiger partial charge in [-0.2, -0.15) is 0 Å². The molecule has 0 amide bonds. The lowest BCUT2D eigenvalue weighted by atomic mass is 10.1. The van der Waals surface area contributed by atoms with E-state index in [1.54, 1.807) is 55.5 Å². The molecule has 0 aliphatic rings. The van der Waals surface area contributed by atoms with E-state index < -0.39 is 17.5 Å². The second kappa shape index (κ2) is 7.61. The summed E-state index contributed by atoms with van der Waals surface area (Å²) in [7, 11) is 0. The molecule has 0 N–H and O–H groups in total.